The fraction of sp³-hybridized carbons (Fsp3) is 0.0769. The maximum Gasteiger partial charge on any atom is 0.0412 e. The van der Waals surface area contributed by atoms with E-state index in [0.717, 1.165) is 5.02 Å². The van der Waals surface area contributed by atoms with Crippen molar-refractivity contribution in [2.75, 3.05) is 6.26 Å². The van der Waals surface area contributed by atoms with Crippen molar-refractivity contribution in [3.05, 3.63) is 53.6 Å². The first-order chi connectivity index (χ1) is 7.29. The number of thioether (sulfide) groups is 1. The molecule has 0 radical (unpaired) electrons. The van der Waals surface area contributed by atoms with Gasteiger partial charge in [-0.15, -0.1) is 11.8 Å². The molecule has 0 amide bonds. The molecule has 0 saturated carbocycles. The van der Waals surface area contributed by atoms with Gasteiger partial charge in [0.15, 0.2) is 0 Å². The van der Waals surface area contributed by atoms with Crippen LogP contribution in [0.1, 0.15) is 0 Å². The quantitative estimate of drug-likeness (QED) is 0.677. The molecule has 0 aliphatic rings. The molecule has 0 bridgehead atoms. The summed E-state index contributed by atoms with van der Waals surface area (Å²) in [5.74, 6) is 0. The van der Waals surface area contributed by atoms with Gasteiger partial charge in [0.1, 0.15) is 0 Å². The van der Waals surface area contributed by atoms with Gasteiger partial charge < -0.3 is 0 Å². The molecule has 0 fully saturated rings. The molecule has 2 heteroatoms. The second-order valence-electron chi connectivity index (χ2n) is 3.24. The lowest BCUT2D eigenvalue weighted by molar-refractivity contribution is 1.46. The Morgan fingerprint density at radius 2 is 1.60 bits per heavy atom. The van der Waals surface area contributed by atoms with Crippen molar-refractivity contribution in [1.82, 2.24) is 0 Å². The smallest absolute Gasteiger partial charge is 0.0412 e. The van der Waals surface area contributed by atoms with Gasteiger partial charge in [0.25, 0.3) is 0 Å². The summed E-state index contributed by atoms with van der Waals surface area (Å²) in [6, 6.07) is 16.4. The van der Waals surface area contributed by atoms with E-state index in [9.17, 15) is 0 Å². The first kappa shape index (κ1) is 10.6. The summed E-state index contributed by atoms with van der Waals surface area (Å²) in [7, 11) is 0. The van der Waals surface area contributed by atoms with E-state index in [0.29, 0.717) is 0 Å². The normalized spacial score (nSPS) is 10.3. The Labute approximate surface area is 99.3 Å². The molecule has 15 heavy (non-hydrogen) atoms. The summed E-state index contributed by atoms with van der Waals surface area (Å²) in [4.78, 5) is 1.27. The van der Waals surface area contributed by atoms with E-state index in [1.165, 1.54) is 16.0 Å². The molecule has 0 aliphatic carbocycles. The van der Waals surface area contributed by atoms with E-state index in [4.69, 9.17) is 11.6 Å². The van der Waals surface area contributed by atoms with Gasteiger partial charge in [-0.1, -0.05) is 35.9 Å². The number of rotatable bonds is 2. The molecule has 0 saturated heterocycles. The maximum absolute atomic E-state index is 5.96. The minimum atomic E-state index is 0.780. The van der Waals surface area contributed by atoms with Crippen LogP contribution in [0.15, 0.2) is 53.4 Å². The zero-order valence-corrected chi connectivity index (χ0v) is 9.98. The average Bonchev–Trinajstić information content (AvgIpc) is 2.29. The van der Waals surface area contributed by atoms with Crippen molar-refractivity contribution < 1.29 is 0 Å². The lowest BCUT2D eigenvalue weighted by Crippen LogP contribution is -1.78. The van der Waals surface area contributed by atoms with Crippen molar-refractivity contribution in [2.45, 2.75) is 4.90 Å². The van der Waals surface area contributed by atoms with Crippen LogP contribution in [0, 0.1) is 0 Å². The predicted octanol–water partition coefficient (Wildman–Crippen LogP) is 4.73. The summed E-state index contributed by atoms with van der Waals surface area (Å²) < 4.78 is 0. The summed E-state index contributed by atoms with van der Waals surface area (Å²) in [5, 5.41) is 0.780. The Balaban J connectivity index is 2.44. The largest absolute Gasteiger partial charge is 0.130 e. The van der Waals surface area contributed by atoms with Crippen molar-refractivity contribution in [3.63, 3.8) is 0 Å². The van der Waals surface area contributed by atoms with Gasteiger partial charge in [-0.2, -0.15) is 0 Å². The zero-order chi connectivity index (χ0) is 10.7. The van der Waals surface area contributed by atoms with Crippen LogP contribution >= 0.6 is 23.4 Å². The molecule has 0 nitrogen and oxygen atoms in total. The molecule has 0 aromatic heterocycles. The molecule has 2 aromatic rings. The summed E-state index contributed by atoms with van der Waals surface area (Å²) in [5.41, 5.74) is 2.38. The zero-order valence-electron chi connectivity index (χ0n) is 8.41. The number of halogens is 1. The second-order valence-corrected chi connectivity index (χ2v) is 4.56. The van der Waals surface area contributed by atoms with Gasteiger partial charge in [0.05, 0.1) is 0 Å². The van der Waals surface area contributed by atoms with Crippen LogP contribution in [0.3, 0.4) is 0 Å². The first-order valence-corrected chi connectivity index (χ1v) is 6.30. The number of benzene rings is 2. The Morgan fingerprint density at radius 1 is 0.933 bits per heavy atom. The molecule has 76 valence electrons. The van der Waals surface area contributed by atoms with Gasteiger partial charge in [-0.25, -0.2) is 0 Å². The molecule has 2 aromatic carbocycles. The monoisotopic (exact) mass is 234 g/mol. The lowest BCUT2D eigenvalue weighted by Gasteiger charge is -2.03. The van der Waals surface area contributed by atoms with Crippen LogP contribution in [0.5, 0.6) is 0 Å². The van der Waals surface area contributed by atoms with E-state index >= 15 is 0 Å². The van der Waals surface area contributed by atoms with Gasteiger partial charge >= 0.3 is 0 Å². The van der Waals surface area contributed by atoms with Crippen molar-refractivity contribution >= 4 is 23.4 Å². The molecule has 0 unspecified atom stereocenters. The maximum atomic E-state index is 5.96. The first-order valence-electron chi connectivity index (χ1n) is 4.69. The minimum Gasteiger partial charge on any atom is -0.130 e. The Hall–Kier alpha value is -0.920. The predicted molar refractivity (Wildman–Crippen MR) is 68.7 cm³/mol. The molecular weight excluding hydrogens is 224 g/mol. The highest BCUT2D eigenvalue weighted by atomic mass is 35.5. The number of hydrogen-bond donors (Lipinski definition) is 0. The highest BCUT2D eigenvalue weighted by Crippen LogP contribution is 2.26. The van der Waals surface area contributed by atoms with Gasteiger partial charge in [-0.05, 0) is 41.6 Å². The van der Waals surface area contributed by atoms with E-state index in [1.54, 1.807) is 11.8 Å². The fourth-order valence-electron chi connectivity index (χ4n) is 1.47. The van der Waals surface area contributed by atoms with Gasteiger partial charge in [0, 0.05) is 9.92 Å². The summed E-state index contributed by atoms with van der Waals surface area (Å²) in [6.07, 6.45) is 2.08. The van der Waals surface area contributed by atoms with Crippen LogP contribution in [0.4, 0.5) is 0 Å². The fourth-order valence-corrected chi connectivity index (χ4v) is 2.12. The molecule has 0 spiro atoms. The van der Waals surface area contributed by atoms with E-state index in [2.05, 4.69) is 36.6 Å². The standard InChI is InChI=1S/C13H11ClS/c1-15-13-7-3-5-11(9-13)10-4-2-6-12(14)8-10/h2-9H,1H3. The van der Waals surface area contributed by atoms with Crippen molar-refractivity contribution in [2.24, 2.45) is 0 Å². The molecule has 0 heterocycles. The Bertz CT molecular complexity index is 466. The Morgan fingerprint density at radius 3 is 2.27 bits per heavy atom. The van der Waals surface area contributed by atoms with Crippen LogP contribution in [0.25, 0.3) is 11.1 Å². The van der Waals surface area contributed by atoms with Crippen LogP contribution in [-0.2, 0) is 0 Å². The van der Waals surface area contributed by atoms with E-state index < -0.39 is 0 Å². The highest BCUT2D eigenvalue weighted by molar-refractivity contribution is 7.98. The van der Waals surface area contributed by atoms with Gasteiger partial charge in [-0.3, -0.25) is 0 Å². The minimum absolute atomic E-state index is 0.780. The average molecular weight is 235 g/mol. The molecule has 0 aliphatic heterocycles. The number of hydrogen-bond acceptors (Lipinski definition) is 1. The van der Waals surface area contributed by atoms with Crippen LogP contribution < -0.4 is 0 Å². The molecule has 0 atom stereocenters. The highest BCUT2D eigenvalue weighted by Gasteiger charge is 1.99. The molecular formula is C13H11ClS. The SMILES string of the molecule is CSc1cccc(-c2cccc(Cl)c2)c1. The van der Waals surface area contributed by atoms with Crippen molar-refractivity contribution in [3.8, 4) is 11.1 Å². The van der Waals surface area contributed by atoms with Crippen LogP contribution in [0.2, 0.25) is 5.02 Å². The van der Waals surface area contributed by atoms with Crippen molar-refractivity contribution in [1.29, 1.82) is 0 Å². The lowest BCUT2D eigenvalue weighted by atomic mass is 10.1. The topological polar surface area (TPSA) is 0 Å². The third-order valence-electron chi connectivity index (χ3n) is 2.23. The third kappa shape index (κ3) is 2.55. The van der Waals surface area contributed by atoms with Crippen LogP contribution in [-0.4, -0.2) is 6.26 Å². The molecule has 0 N–H and O–H groups in total. The van der Waals surface area contributed by atoms with Gasteiger partial charge in [0.2, 0.25) is 0 Å². The Kier molecular flexibility index (Phi) is 3.34. The summed E-state index contributed by atoms with van der Waals surface area (Å²) in [6.45, 7) is 0. The van der Waals surface area contributed by atoms with E-state index in [1.807, 2.05) is 18.2 Å². The molecule has 2 rings (SSSR count). The third-order valence-corrected chi connectivity index (χ3v) is 3.19. The summed E-state index contributed by atoms with van der Waals surface area (Å²) >= 11 is 7.71. The van der Waals surface area contributed by atoms with E-state index in [-0.39, 0.29) is 0 Å². The second kappa shape index (κ2) is 4.73.